The molecule has 1 fully saturated rings. The third kappa shape index (κ3) is 3.63. The van der Waals surface area contributed by atoms with Gasteiger partial charge in [0.15, 0.2) is 5.82 Å². The van der Waals surface area contributed by atoms with Crippen molar-refractivity contribution in [1.29, 1.82) is 0 Å². The van der Waals surface area contributed by atoms with Crippen molar-refractivity contribution in [3.63, 3.8) is 0 Å². The first-order valence-electron chi connectivity index (χ1n) is 9.83. The fourth-order valence-corrected chi connectivity index (χ4v) is 4.16. The van der Waals surface area contributed by atoms with Gasteiger partial charge in [0.2, 0.25) is 0 Å². The van der Waals surface area contributed by atoms with E-state index in [1.165, 1.54) is 0 Å². The Kier molecular flexibility index (Phi) is 4.65. The molecule has 2 aliphatic heterocycles. The number of nitrogens with one attached hydrogen (secondary N) is 4. The monoisotopic (exact) mass is 384 g/mol. The van der Waals surface area contributed by atoms with Crippen LogP contribution < -0.4 is 20.6 Å². The summed E-state index contributed by atoms with van der Waals surface area (Å²) in [5.74, 6) is 0.462. The van der Waals surface area contributed by atoms with E-state index in [0.717, 1.165) is 36.2 Å². The molecule has 0 saturated carbocycles. The number of hydroxylamine groups is 2. The molecule has 4 N–H and O–H groups in total. The minimum atomic E-state index is -0.361. The summed E-state index contributed by atoms with van der Waals surface area (Å²) >= 11 is 0. The minimum Gasteiger partial charge on any atom is -0.627 e. The number of hydrogen-bond acceptors (Lipinski definition) is 4. The summed E-state index contributed by atoms with van der Waals surface area (Å²) in [5, 5.41) is 29.2. The predicted molar refractivity (Wildman–Crippen MR) is 111 cm³/mol. The molecule has 3 heterocycles. The molecule has 150 valence electrons. The minimum absolute atomic E-state index is 0.000501. The number of aromatic nitrogens is 2. The van der Waals surface area contributed by atoms with E-state index in [9.17, 15) is 10.0 Å². The van der Waals surface area contributed by atoms with Gasteiger partial charge in [0, 0.05) is 43.0 Å². The molecule has 4 rings (SSSR count). The van der Waals surface area contributed by atoms with Crippen LogP contribution >= 0.6 is 0 Å². The van der Waals surface area contributed by atoms with Gasteiger partial charge in [-0.25, -0.2) is 4.79 Å². The molecule has 8 heteroatoms. The van der Waals surface area contributed by atoms with Gasteiger partial charge in [-0.3, -0.25) is 10.4 Å². The smallest absolute Gasteiger partial charge is 0.324 e. The quantitative estimate of drug-likeness (QED) is 0.478. The highest BCUT2D eigenvalue weighted by Gasteiger charge is 2.45. The molecule has 2 atom stereocenters. The van der Waals surface area contributed by atoms with Gasteiger partial charge in [-0.15, -0.1) is 0 Å². The summed E-state index contributed by atoms with van der Waals surface area (Å²) in [6, 6.07) is 7.14. The van der Waals surface area contributed by atoms with Crippen LogP contribution in [0.25, 0.3) is 0 Å². The summed E-state index contributed by atoms with van der Waals surface area (Å²) in [5.41, 5.74) is 3.37. The van der Waals surface area contributed by atoms with Crippen molar-refractivity contribution in [3.8, 4) is 0 Å². The molecule has 2 unspecified atom stereocenters. The van der Waals surface area contributed by atoms with Gasteiger partial charge in [0.1, 0.15) is 5.69 Å². The molecular formula is C20H28N6O2. The summed E-state index contributed by atoms with van der Waals surface area (Å²) in [4.78, 5) is 12.5. The van der Waals surface area contributed by atoms with Crippen LogP contribution in [0.2, 0.25) is 0 Å². The number of rotatable bonds is 4. The fourth-order valence-electron chi connectivity index (χ4n) is 4.16. The number of quaternary nitrogens is 1. The lowest BCUT2D eigenvalue weighted by Crippen LogP contribution is -2.44. The number of urea groups is 1. The van der Waals surface area contributed by atoms with Crippen LogP contribution in [-0.4, -0.2) is 34.4 Å². The molecule has 0 radical (unpaired) electrons. The number of H-pyrrole nitrogens is 1. The molecule has 28 heavy (non-hydrogen) atoms. The van der Waals surface area contributed by atoms with Crippen LogP contribution in [-0.2, 0) is 13.0 Å². The molecular weight excluding hydrogens is 356 g/mol. The summed E-state index contributed by atoms with van der Waals surface area (Å²) in [7, 11) is 0. The van der Waals surface area contributed by atoms with Crippen LogP contribution in [0.5, 0.6) is 0 Å². The van der Waals surface area contributed by atoms with E-state index in [4.69, 9.17) is 0 Å². The average molecular weight is 384 g/mol. The first kappa shape index (κ1) is 18.9. The number of hydrogen-bond donors (Lipinski definition) is 4. The van der Waals surface area contributed by atoms with Gasteiger partial charge in [-0.2, -0.15) is 5.10 Å². The number of amides is 2. The zero-order valence-electron chi connectivity index (χ0n) is 16.6. The Morgan fingerprint density at radius 2 is 2.18 bits per heavy atom. The van der Waals surface area contributed by atoms with Crippen LogP contribution in [0.15, 0.2) is 24.3 Å². The van der Waals surface area contributed by atoms with Crippen molar-refractivity contribution < 1.29 is 4.79 Å². The van der Waals surface area contributed by atoms with Crippen molar-refractivity contribution in [3.05, 3.63) is 40.7 Å². The van der Waals surface area contributed by atoms with Gasteiger partial charge in [-0.05, 0) is 32.9 Å². The van der Waals surface area contributed by atoms with Crippen LogP contribution in [0.1, 0.15) is 44.9 Å². The normalized spacial score (nSPS) is 23.4. The van der Waals surface area contributed by atoms with Gasteiger partial charge in [0.25, 0.3) is 0 Å². The summed E-state index contributed by atoms with van der Waals surface area (Å²) < 4.78 is -0.240. The van der Waals surface area contributed by atoms with Crippen molar-refractivity contribution in [2.45, 2.75) is 58.2 Å². The summed E-state index contributed by atoms with van der Waals surface area (Å²) in [6.07, 6.45) is 2.64. The number of benzene rings is 1. The first-order valence-corrected chi connectivity index (χ1v) is 9.83. The van der Waals surface area contributed by atoms with Crippen LogP contribution in [0, 0.1) is 5.21 Å². The molecule has 0 bridgehead atoms. The molecule has 0 spiro atoms. The molecule has 2 aliphatic rings. The lowest BCUT2D eigenvalue weighted by molar-refractivity contribution is 0.262. The lowest BCUT2D eigenvalue weighted by Gasteiger charge is -2.39. The number of anilines is 2. The van der Waals surface area contributed by atoms with E-state index in [1.54, 1.807) is 0 Å². The average Bonchev–Trinajstić information content (AvgIpc) is 3.27. The highest BCUT2D eigenvalue weighted by Crippen LogP contribution is 2.46. The number of fused-ring (bicyclic) bond motifs is 3. The van der Waals surface area contributed by atoms with E-state index in [0.29, 0.717) is 24.6 Å². The zero-order valence-corrected chi connectivity index (χ0v) is 16.6. The molecule has 2 amide bonds. The summed E-state index contributed by atoms with van der Waals surface area (Å²) in [6.45, 7) is 7.54. The second-order valence-electron chi connectivity index (χ2n) is 8.78. The highest BCUT2D eigenvalue weighted by atomic mass is 16.6. The second-order valence-corrected chi connectivity index (χ2v) is 8.78. The van der Waals surface area contributed by atoms with E-state index >= 15 is 0 Å². The molecule has 1 saturated heterocycles. The maximum Gasteiger partial charge on any atom is 0.324 e. The van der Waals surface area contributed by atoms with E-state index in [1.807, 2.05) is 24.3 Å². The van der Waals surface area contributed by atoms with Gasteiger partial charge in [0.05, 0.1) is 24.0 Å². The number of carbonyl (C=O) groups excluding carboxylic acids is 1. The van der Waals surface area contributed by atoms with Crippen molar-refractivity contribution >= 4 is 23.2 Å². The maximum atomic E-state index is 13.1. The van der Waals surface area contributed by atoms with Gasteiger partial charge < -0.3 is 20.5 Å². The van der Waals surface area contributed by atoms with Crippen molar-refractivity contribution in [1.82, 2.24) is 20.2 Å². The Morgan fingerprint density at radius 1 is 1.36 bits per heavy atom. The molecule has 2 aromatic rings. The Bertz CT molecular complexity index is 887. The SMILES string of the molecule is CC(C)(C)NCc1cc(NC(=O)Nc2cccc3c2CC2CCC[N+]32[O-])n[nH]1. The Labute approximate surface area is 164 Å². The molecule has 1 aromatic heterocycles. The van der Waals surface area contributed by atoms with Crippen LogP contribution in [0.3, 0.4) is 0 Å². The lowest BCUT2D eigenvalue weighted by atomic mass is 10.1. The second kappa shape index (κ2) is 6.88. The Morgan fingerprint density at radius 3 is 2.96 bits per heavy atom. The van der Waals surface area contributed by atoms with E-state index in [-0.39, 0.29) is 22.3 Å². The molecule has 8 nitrogen and oxygen atoms in total. The fraction of sp³-hybridized carbons (Fsp3) is 0.500. The molecule has 1 aromatic carbocycles. The Balaban J connectivity index is 1.41. The standard InChI is InChI=1S/C20H28N6O2/c1-20(2,3)21-12-13-10-18(25-24-13)23-19(27)22-16-7-4-8-17-15(16)11-14-6-5-9-26(14,17)28/h4,7-8,10,14,21H,5-6,9,11-12H2,1-3H3,(H3,22,23,24,25,27). The first-order chi connectivity index (χ1) is 13.2. The largest absolute Gasteiger partial charge is 0.627 e. The zero-order chi connectivity index (χ0) is 19.9. The van der Waals surface area contributed by atoms with Crippen LogP contribution in [0.4, 0.5) is 22.0 Å². The third-order valence-electron chi connectivity index (χ3n) is 5.55. The number of nitrogens with zero attached hydrogens (tertiary/aromatic N) is 2. The topological polar surface area (TPSA) is 105 Å². The van der Waals surface area contributed by atoms with Crippen molar-refractivity contribution in [2.75, 3.05) is 17.2 Å². The predicted octanol–water partition coefficient (Wildman–Crippen LogP) is 3.47. The van der Waals surface area contributed by atoms with Gasteiger partial charge >= 0.3 is 6.03 Å². The number of aromatic amines is 1. The van der Waals surface area contributed by atoms with Crippen molar-refractivity contribution in [2.24, 2.45) is 0 Å². The van der Waals surface area contributed by atoms with Gasteiger partial charge in [-0.1, -0.05) is 6.07 Å². The third-order valence-corrected chi connectivity index (χ3v) is 5.55. The van der Waals surface area contributed by atoms with E-state index in [2.05, 4.69) is 46.9 Å². The van der Waals surface area contributed by atoms with E-state index < -0.39 is 0 Å². The molecule has 0 aliphatic carbocycles. The number of carbonyl (C=O) groups is 1. The highest BCUT2D eigenvalue weighted by molar-refractivity contribution is 6.00. The Hall–Kier alpha value is -2.42. The maximum absolute atomic E-state index is 13.1.